The van der Waals surface area contributed by atoms with Gasteiger partial charge in [-0.3, -0.25) is 4.79 Å². The Morgan fingerprint density at radius 2 is 1.95 bits per heavy atom. The molecule has 0 heterocycles. The van der Waals surface area contributed by atoms with Gasteiger partial charge in [0.05, 0.1) is 24.0 Å². The number of hydrogen-bond acceptors (Lipinski definition) is 3. The summed E-state index contributed by atoms with van der Waals surface area (Å²) < 4.78 is 18.8. The minimum absolute atomic E-state index is 0.0310. The number of rotatable bonds is 3. The molecule has 0 atom stereocenters. The van der Waals surface area contributed by atoms with Gasteiger partial charge >= 0.3 is 0 Å². The minimum atomic E-state index is -0.629. The third-order valence-electron chi connectivity index (χ3n) is 3.01. The van der Waals surface area contributed by atoms with Gasteiger partial charge < -0.3 is 15.4 Å². The fraction of sp³-hybridized carbons (Fsp3) is 0.133. The molecule has 2 N–H and O–H groups in total. The number of nitrogens with two attached hydrogens (primary N) is 1. The third-order valence-corrected chi connectivity index (χ3v) is 3.01. The van der Waals surface area contributed by atoms with Gasteiger partial charge in [-0.2, -0.15) is 0 Å². The first-order valence-electron chi connectivity index (χ1n) is 6.00. The van der Waals surface area contributed by atoms with E-state index in [4.69, 9.17) is 10.5 Å². The van der Waals surface area contributed by atoms with E-state index >= 15 is 0 Å². The van der Waals surface area contributed by atoms with Crippen LogP contribution in [0.3, 0.4) is 0 Å². The fourth-order valence-electron chi connectivity index (χ4n) is 1.88. The Balaban J connectivity index is 2.34. The summed E-state index contributed by atoms with van der Waals surface area (Å²) in [6.07, 6.45) is 0. The Labute approximate surface area is 116 Å². The fourth-order valence-corrected chi connectivity index (χ4v) is 1.88. The number of amides is 1. The first-order chi connectivity index (χ1) is 9.54. The van der Waals surface area contributed by atoms with Gasteiger partial charge in [0.25, 0.3) is 5.91 Å². The maximum Gasteiger partial charge on any atom is 0.261 e. The number of ether oxygens (including phenoxy) is 1. The number of hydrogen-bond donors (Lipinski definition) is 1. The number of carbonyl (C=O) groups excluding carboxylic acids is 1. The second kappa shape index (κ2) is 5.61. The second-order valence-electron chi connectivity index (χ2n) is 4.27. The van der Waals surface area contributed by atoms with Crippen LogP contribution in [-0.2, 0) is 0 Å². The maximum atomic E-state index is 13.9. The highest BCUT2D eigenvalue weighted by atomic mass is 19.1. The number of methoxy groups -OCH3 is 1. The van der Waals surface area contributed by atoms with Crippen molar-refractivity contribution in [2.45, 2.75) is 0 Å². The lowest BCUT2D eigenvalue weighted by atomic mass is 10.1. The Morgan fingerprint density at radius 1 is 1.25 bits per heavy atom. The van der Waals surface area contributed by atoms with Crippen molar-refractivity contribution in [2.75, 3.05) is 24.8 Å². The van der Waals surface area contributed by atoms with Crippen molar-refractivity contribution in [2.24, 2.45) is 0 Å². The second-order valence-corrected chi connectivity index (χ2v) is 4.27. The predicted octanol–water partition coefficient (Wildman–Crippen LogP) is 2.69. The molecule has 2 aromatic rings. The minimum Gasteiger partial charge on any atom is -0.497 e. The zero-order valence-electron chi connectivity index (χ0n) is 11.3. The van der Waals surface area contributed by atoms with E-state index in [1.165, 1.54) is 24.1 Å². The van der Waals surface area contributed by atoms with Crippen molar-refractivity contribution in [1.29, 1.82) is 0 Å². The standard InChI is InChI=1S/C15H15FN2O2/c1-18(14-6-4-3-5-13(14)17)15(19)11-8-7-10(20-2)9-12(11)16/h3-9H,17H2,1-2H3. The molecular formula is C15H15FN2O2. The lowest BCUT2D eigenvalue weighted by Gasteiger charge is -2.19. The number of nitrogen functional groups attached to an aromatic ring is 1. The smallest absolute Gasteiger partial charge is 0.261 e. The van der Waals surface area contributed by atoms with E-state index in [0.717, 1.165) is 0 Å². The van der Waals surface area contributed by atoms with Gasteiger partial charge in [0.2, 0.25) is 0 Å². The lowest BCUT2D eigenvalue weighted by Crippen LogP contribution is -2.27. The van der Waals surface area contributed by atoms with Crippen LogP contribution in [0.15, 0.2) is 42.5 Å². The number of anilines is 2. The van der Waals surface area contributed by atoms with Crippen molar-refractivity contribution in [3.05, 3.63) is 53.8 Å². The zero-order chi connectivity index (χ0) is 14.7. The third kappa shape index (κ3) is 2.56. The van der Waals surface area contributed by atoms with Crippen molar-refractivity contribution in [1.82, 2.24) is 0 Å². The van der Waals surface area contributed by atoms with E-state index in [9.17, 15) is 9.18 Å². The van der Waals surface area contributed by atoms with Crippen LogP contribution in [0.1, 0.15) is 10.4 Å². The van der Waals surface area contributed by atoms with Crippen molar-refractivity contribution < 1.29 is 13.9 Å². The highest BCUT2D eigenvalue weighted by Crippen LogP contribution is 2.24. The molecule has 104 valence electrons. The van der Waals surface area contributed by atoms with Gasteiger partial charge in [0.15, 0.2) is 0 Å². The number of halogens is 1. The van der Waals surface area contributed by atoms with Crippen LogP contribution in [0, 0.1) is 5.82 Å². The molecule has 0 saturated heterocycles. The summed E-state index contributed by atoms with van der Waals surface area (Å²) in [5, 5.41) is 0. The first kappa shape index (κ1) is 13.9. The molecule has 0 unspecified atom stereocenters. The highest BCUT2D eigenvalue weighted by Gasteiger charge is 2.19. The summed E-state index contributed by atoms with van der Waals surface area (Å²) in [5.74, 6) is -0.736. The molecule has 0 aliphatic rings. The van der Waals surface area contributed by atoms with Crippen LogP contribution in [0.5, 0.6) is 5.75 Å². The molecule has 2 rings (SSSR count). The van der Waals surface area contributed by atoms with Crippen molar-refractivity contribution in [3.8, 4) is 5.75 Å². The predicted molar refractivity (Wildman–Crippen MR) is 76.5 cm³/mol. The van der Waals surface area contributed by atoms with E-state index in [1.807, 2.05) is 0 Å². The highest BCUT2D eigenvalue weighted by molar-refractivity contribution is 6.07. The SMILES string of the molecule is COc1ccc(C(=O)N(C)c2ccccc2N)c(F)c1. The average molecular weight is 274 g/mol. The van der Waals surface area contributed by atoms with Crippen LogP contribution < -0.4 is 15.4 Å². The van der Waals surface area contributed by atoms with Crippen LogP contribution >= 0.6 is 0 Å². The van der Waals surface area contributed by atoms with E-state index in [-0.39, 0.29) is 5.56 Å². The molecule has 0 spiro atoms. The van der Waals surface area contributed by atoms with Gasteiger partial charge in [0.1, 0.15) is 11.6 Å². The van der Waals surface area contributed by atoms with Gasteiger partial charge in [-0.1, -0.05) is 12.1 Å². The van der Waals surface area contributed by atoms with Gasteiger partial charge in [0, 0.05) is 13.1 Å². The summed E-state index contributed by atoms with van der Waals surface area (Å²) in [5.41, 5.74) is 6.77. The first-order valence-corrected chi connectivity index (χ1v) is 6.00. The van der Waals surface area contributed by atoms with Crippen molar-refractivity contribution >= 4 is 17.3 Å². The number of nitrogens with zero attached hydrogens (tertiary/aromatic N) is 1. The van der Waals surface area contributed by atoms with Crippen LogP contribution in [-0.4, -0.2) is 20.1 Å². The van der Waals surface area contributed by atoms with Gasteiger partial charge in [-0.05, 0) is 24.3 Å². The number of carbonyl (C=O) groups is 1. The Hall–Kier alpha value is -2.56. The summed E-state index contributed by atoms with van der Waals surface area (Å²) in [4.78, 5) is 13.6. The molecule has 2 aromatic carbocycles. The van der Waals surface area contributed by atoms with E-state index in [2.05, 4.69) is 0 Å². The molecule has 0 fully saturated rings. The van der Waals surface area contributed by atoms with Crippen LogP contribution in [0.4, 0.5) is 15.8 Å². The molecule has 0 radical (unpaired) electrons. The van der Waals surface area contributed by atoms with E-state index < -0.39 is 11.7 Å². The van der Waals surface area contributed by atoms with E-state index in [1.54, 1.807) is 37.4 Å². The quantitative estimate of drug-likeness (QED) is 0.875. The van der Waals surface area contributed by atoms with Crippen LogP contribution in [0.2, 0.25) is 0 Å². The molecule has 0 aliphatic carbocycles. The lowest BCUT2D eigenvalue weighted by molar-refractivity contribution is 0.0989. The summed E-state index contributed by atoms with van der Waals surface area (Å²) in [6.45, 7) is 0. The van der Waals surface area contributed by atoms with Crippen molar-refractivity contribution in [3.63, 3.8) is 0 Å². The zero-order valence-corrected chi connectivity index (χ0v) is 11.3. The molecule has 0 bridgehead atoms. The summed E-state index contributed by atoms with van der Waals surface area (Å²) >= 11 is 0. The molecule has 0 aliphatic heterocycles. The molecule has 1 amide bonds. The normalized spacial score (nSPS) is 10.2. The molecular weight excluding hydrogens is 259 g/mol. The summed E-state index contributed by atoms with van der Waals surface area (Å²) in [7, 11) is 2.99. The Kier molecular flexibility index (Phi) is 3.89. The van der Waals surface area contributed by atoms with E-state index in [0.29, 0.717) is 17.1 Å². The maximum absolute atomic E-state index is 13.9. The number of benzene rings is 2. The van der Waals surface area contributed by atoms with Gasteiger partial charge in [-0.25, -0.2) is 4.39 Å². The molecule has 0 saturated carbocycles. The molecule has 4 nitrogen and oxygen atoms in total. The Bertz CT molecular complexity index is 644. The molecule has 5 heteroatoms. The topological polar surface area (TPSA) is 55.6 Å². The molecule has 20 heavy (non-hydrogen) atoms. The monoisotopic (exact) mass is 274 g/mol. The largest absolute Gasteiger partial charge is 0.497 e. The molecule has 0 aromatic heterocycles. The summed E-state index contributed by atoms with van der Waals surface area (Å²) in [6, 6.07) is 11.0. The van der Waals surface area contributed by atoms with Crippen LogP contribution in [0.25, 0.3) is 0 Å². The number of para-hydroxylation sites is 2. The Morgan fingerprint density at radius 3 is 2.55 bits per heavy atom. The van der Waals surface area contributed by atoms with Gasteiger partial charge in [-0.15, -0.1) is 0 Å². The average Bonchev–Trinajstić information content (AvgIpc) is 2.46.